The second-order valence-corrected chi connectivity index (χ2v) is 5.46. The number of aryl methyl sites for hydroxylation is 3. The summed E-state index contributed by atoms with van der Waals surface area (Å²) in [4.78, 5) is 12.1. The first-order valence-electron chi connectivity index (χ1n) is 7.41. The molecule has 1 N–H and O–H groups in total. The van der Waals surface area contributed by atoms with Crippen LogP contribution >= 0.6 is 0 Å². The Morgan fingerprint density at radius 1 is 1.32 bits per heavy atom. The first-order chi connectivity index (χ1) is 10.5. The van der Waals surface area contributed by atoms with Crippen LogP contribution in [0.3, 0.4) is 0 Å². The lowest BCUT2D eigenvalue weighted by atomic mass is 10.0. The van der Waals surface area contributed by atoms with Crippen LogP contribution in [0.5, 0.6) is 0 Å². The summed E-state index contributed by atoms with van der Waals surface area (Å²) in [6.07, 6.45) is 0.791. The fourth-order valence-corrected chi connectivity index (χ4v) is 2.44. The van der Waals surface area contributed by atoms with Gasteiger partial charge in [0.1, 0.15) is 0 Å². The van der Waals surface area contributed by atoms with Crippen LogP contribution < -0.4 is 5.32 Å². The van der Waals surface area contributed by atoms with E-state index in [0.29, 0.717) is 18.8 Å². The summed E-state index contributed by atoms with van der Waals surface area (Å²) in [5.74, 6) is -0.150. The monoisotopic (exact) mass is 301 g/mol. The zero-order valence-electron chi connectivity index (χ0n) is 13.6. The molecule has 0 fully saturated rings. The number of rotatable bonds is 6. The molecular formula is C17H23N3O2. The molecule has 1 amide bonds. The van der Waals surface area contributed by atoms with Crippen molar-refractivity contribution < 1.29 is 9.53 Å². The number of amides is 1. The van der Waals surface area contributed by atoms with Crippen molar-refractivity contribution in [1.82, 2.24) is 15.1 Å². The van der Waals surface area contributed by atoms with Crippen molar-refractivity contribution in [2.75, 3.05) is 20.3 Å². The maximum Gasteiger partial charge on any atom is 0.271 e. The molecule has 0 bridgehead atoms. The van der Waals surface area contributed by atoms with Crippen LogP contribution in [0.25, 0.3) is 11.3 Å². The molecule has 2 aromatic rings. The Balaban J connectivity index is 2.15. The van der Waals surface area contributed by atoms with Gasteiger partial charge in [0.05, 0.1) is 5.69 Å². The molecule has 22 heavy (non-hydrogen) atoms. The summed E-state index contributed by atoms with van der Waals surface area (Å²) in [6.45, 7) is 5.36. The third-order valence-corrected chi connectivity index (χ3v) is 3.58. The Morgan fingerprint density at radius 2 is 2.09 bits per heavy atom. The van der Waals surface area contributed by atoms with Crippen LogP contribution in [0.4, 0.5) is 0 Å². The average Bonchev–Trinajstić information content (AvgIpc) is 2.85. The van der Waals surface area contributed by atoms with Gasteiger partial charge in [-0.2, -0.15) is 5.10 Å². The van der Waals surface area contributed by atoms with E-state index >= 15 is 0 Å². The molecule has 1 heterocycles. The molecule has 5 nitrogen and oxygen atoms in total. The maximum absolute atomic E-state index is 12.1. The predicted molar refractivity (Wildman–Crippen MR) is 86.9 cm³/mol. The smallest absolute Gasteiger partial charge is 0.271 e. The quantitative estimate of drug-likeness (QED) is 0.834. The largest absolute Gasteiger partial charge is 0.385 e. The van der Waals surface area contributed by atoms with Gasteiger partial charge < -0.3 is 10.1 Å². The van der Waals surface area contributed by atoms with Gasteiger partial charge in [0.15, 0.2) is 5.69 Å². The minimum absolute atomic E-state index is 0.150. The number of carbonyl (C=O) groups excluding carboxylic acids is 1. The Morgan fingerprint density at radius 3 is 2.77 bits per heavy atom. The number of ether oxygens (including phenoxy) is 1. The van der Waals surface area contributed by atoms with E-state index in [1.54, 1.807) is 11.8 Å². The minimum Gasteiger partial charge on any atom is -0.385 e. The van der Waals surface area contributed by atoms with E-state index in [1.807, 2.05) is 13.1 Å². The highest BCUT2D eigenvalue weighted by molar-refractivity contribution is 5.93. The molecule has 118 valence electrons. The van der Waals surface area contributed by atoms with Crippen molar-refractivity contribution in [3.63, 3.8) is 0 Å². The van der Waals surface area contributed by atoms with Crippen LogP contribution in [-0.2, 0) is 11.8 Å². The van der Waals surface area contributed by atoms with Crippen LogP contribution in [0.15, 0.2) is 24.3 Å². The second kappa shape index (κ2) is 7.22. The number of hydrogen-bond donors (Lipinski definition) is 1. The highest BCUT2D eigenvalue weighted by Gasteiger charge is 2.14. The summed E-state index contributed by atoms with van der Waals surface area (Å²) in [7, 11) is 3.51. The molecule has 0 spiro atoms. The summed E-state index contributed by atoms with van der Waals surface area (Å²) in [5, 5.41) is 7.18. The zero-order valence-corrected chi connectivity index (χ0v) is 13.6. The summed E-state index contributed by atoms with van der Waals surface area (Å²) in [6, 6.07) is 8.11. The number of nitrogens with one attached hydrogen (secondary N) is 1. The molecule has 0 aliphatic rings. The van der Waals surface area contributed by atoms with Crippen molar-refractivity contribution in [3.8, 4) is 11.3 Å². The molecule has 2 rings (SSSR count). The topological polar surface area (TPSA) is 56.1 Å². The number of aromatic nitrogens is 2. The molecule has 1 aromatic heterocycles. The third-order valence-electron chi connectivity index (χ3n) is 3.58. The summed E-state index contributed by atoms with van der Waals surface area (Å²) >= 11 is 0. The molecule has 0 aliphatic carbocycles. The minimum atomic E-state index is -0.150. The van der Waals surface area contributed by atoms with E-state index in [2.05, 4.69) is 42.5 Å². The van der Waals surface area contributed by atoms with E-state index in [1.165, 1.54) is 11.1 Å². The van der Waals surface area contributed by atoms with E-state index < -0.39 is 0 Å². The Bertz CT molecular complexity index is 662. The summed E-state index contributed by atoms with van der Waals surface area (Å²) in [5.41, 5.74) is 4.88. The normalized spacial score (nSPS) is 10.7. The lowest BCUT2D eigenvalue weighted by molar-refractivity contribution is 0.0943. The van der Waals surface area contributed by atoms with Gasteiger partial charge in [-0.15, -0.1) is 0 Å². The predicted octanol–water partition coefficient (Wildman–Crippen LogP) is 2.47. The number of hydrogen-bond acceptors (Lipinski definition) is 3. The van der Waals surface area contributed by atoms with Gasteiger partial charge >= 0.3 is 0 Å². The molecule has 0 aliphatic heterocycles. The average molecular weight is 301 g/mol. The van der Waals surface area contributed by atoms with Gasteiger partial charge in [-0.3, -0.25) is 9.48 Å². The standard InChI is InChI=1S/C17H23N3O2/c1-12-6-7-14(13(2)10-12)16-11-15(19-20(16)3)17(21)18-8-5-9-22-4/h6-7,10-11H,5,8-9H2,1-4H3,(H,18,21). The van der Waals surface area contributed by atoms with E-state index in [9.17, 15) is 4.79 Å². The molecule has 0 saturated heterocycles. The number of nitrogens with zero attached hydrogens (tertiary/aromatic N) is 2. The Labute approximate surface area is 131 Å². The Hall–Kier alpha value is -2.14. The first kappa shape index (κ1) is 16.2. The van der Waals surface area contributed by atoms with Gasteiger partial charge in [-0.25, -0.2) is 0 Å². The number of methoxy groups -OCH3 is 1. The van der Waals surface area contributed by atoms with Crippen LogP contribution in [0.1, 0.15) is 28.0 Å². The second-order valence-electron chi connectivity index (χ2n) is 5.46. The molecule has 0 saturated carbocycles. The van der Waals surface area contributed by atoms with Crippen molar-refractivity contribution in [2.24, 2.45) is 7.05 Å². The highest BCUT2D eigenvalue weighted by Crippen LogP contribution is 2.24. The number of carbonyl (C=O) groups is 1. The maximum atomic E-state index is 12.1. The first-order valence-corrected chi connectivity index (χ1v) is 7.41. The van der Waals surface area contributed by atoms with Gasteiger partial charge in [0.25, 0.3) is 5.91 Å². The Kier molecular flexibility index (Phi) is 5.33. The van der Waals surface area contributed by atoms with E-state index in [-0.39, 0.29) is 5.91 Å². The lowest BCUT2D eigenvalue weighted by Gasteiger charge is -2.06. The fourth-order valence-electron chi connectivity index (χ4n) is 2.44. The lowest BCUT2D eigenvalue weighted by Crippen LogP contribution is -2.25. The molecular weight excluding hydrogens is 278 g/mol. The van der Waals surface area contributed by atoms with Gasteiger partial charge in [-0.1, -0.05) is 23.8 Å². The van der Waals surface area contributed by atoms with Gasteiger partial charge in [0.2, 0.25) is 0 Å². The number of benzene rings is 1. The molecule has 1 aromatic carbocycles. The van der Waals surface area contributed by atoms with Gasteiger partial charge in [-0.05, 0) is 31.9 Å². The van der Waals surface area contributed by atoms with E-state index in [0.717, 1.165) is 17.7 Å². The van der Waals surface area contributed by atoms with Gasteiger partial charge in [0, 0.05) is 32.9 Å². The van der Waals surface area contributed by atoms with Crippen LogP contribution in [0, 0.1) is 13.8 Å². The fraction of sp³-hybridized carbons (Fsp3) is 0.412. The van der Waals surface area contributed by atoms with Crippen LogP contribution in [-0.4, -0.2) is 35.9 Å². The van der Waals surface area contributed by atoms with Crippen molar-refractivity contribution in [2.45, 2.75) is 20.3 Å². The van der Waals surface area contributed by atoms with Crippen molar-refractivity contribution in [3.05, 3.63) is 41.1 Å². The molecule has 0 atom stereocenters. The zero-order chi connectivity index (χ0) is 16.1. The molecule has 0 unspecified atom stereocenters. The summed E-state index contributed by atoms with van der Waals surface area (Å²) < 4.78 is 6.71. The molecule has 0 radical (unpaired) electrons. The van der Waals surface area contributed by atoms with Crippen LogP contribution in [0.2, 0.25) is 0 Å². The third kappa shape index (κ3) is 3.74. The molecule has 5 heteroatoms. The van der Waals surface area contributed by atoms with E-state index in [4.69, 9.17) is 4.74 Å². The highest BCUT2D eigenvalue weighted by atomic mass is 16.5. The van der Waals surface area contributed by atoms with Crippen molar-refractivity contribution in [1.29, 1.82) is 0 Å². The SMILES string of the molecule is COCCCNC(=O)c1cc(-c2ccc(C)cc2C)n(C)n1. The van der Waals surface area contributed by atoms with Crippen molar-refractivity contribution >= 4 is 5.91 Å².